The molecule has 0 unspecified atom stereocenters. The molecule has 1 heterocycles. The van der Waals surface area contributed by atoms with Crippen molar-refractivity contribution in [1.29, 1.82) is 0 Å². The Morgan fingerprint density at radius 3 is 2.68 bits per heavy atom. The summed E-state index contributed by atoms with van der Waals surface area (Å²) in [6.07, 6.45) is 0. The van der Waals surface area contributed by atoms with Crippen LogP contribution in [0.2, 0.25) is 10.2 Å². The minimum atomic E-state index is 0.262. The number of rotatable bonds is 4. The molecule has 0 saturated heterocycles. The van der Waals surface area contributed by atoms with Crippen molar-refractivity contribution in [2.24, 2.45) is 0 Å². The predicted molar refractivity (Wildman–Crippen MR) is 74.0 cm³/mol. The number of methoxy groups -OCH3 is 1. The van der Waals surface area contributed by atoms with E-state index in [1.54, 1.807) is 13.2 Å². The van der Waals surface area contributed by atoms with E-state index in [4.69, 9.17) is 32.7 Å². The van der Waals surface area contributed by atoms with Crippen LogP contribution in [-0.2, 0) is 11.3 Å². The van der Waals surface area contributed by atoms with Crippen LogP contribution in [0.1, 0.15) is 11.4 Å². The van der Waals surface area contributed by atoms with Crippen LogP contribution in [0.3, 0.4) is 0 Å². The highest BCUT2D eigenvalue weighted by Crippen LogP contribution is 2.30. The van der Waals surface area contributed by atoms with Gasteiger partial charge in [-0.05, 0) is 24.6 Å². The second kappa shape index (κ2) is 6.19. The lowest BCUT2D eigenvalue weighted by atomic mass is 10.2. The number of hydrogen-bond donors (Lipinski definition) is 0. The van der Waals surface area contributed by atoms with Crippen LogP contribution >= 0.6 is 23.2 Å². The average molecular weight is 299 g/mol. The summed E-state index contributed by atoms with van der Waals surface area (Å²) in [6.45, 7) is 2.21. The molecule has 0 fully saturated rings. The average Bonchev–Trinajstić information content (AvgIpc) is 2.33. The van der Waals surface area contributed by atoms with E-state index in [0.29, 0.717) is 27.6 Å². The molecular formula is C13H12Cl2N2O2. The fourth-order valence-electron chi connectivity index (χ4n) is 1.49. The molecule has 0 bridgehead atoms. The number of aromatic nitrogens is 2. The Bertz CT molecular complexity index is 591. The van der Waals surface area contributed by atoms with E-state index in [9.17, 15) is 0 Å². The van der Waals surface area contributed by atoms with Crippen LogP contribution in [0, 0.1) is 6.92 Å². The number of ether oxygens (including phenoxy) is 2. The van der Waals surface area contributed by atoms with Gasteiger partial charge in [0, 0.05) is 13.2 Å². The zero-order chi connectivity index (χ0) is 13.8. The standard InChI is InChI=1S/C13H12Cl2N2O2/c1-8-3-4-9(14)10(5-8)19-13-6-11(15)16-12(17-13)7-18-2/h3-6H,7H2,1-2H3. The smallest absolute Gasteiger partial charge is 0.224 e. The highest BCUT2D eigenvalue weighted by Gasteiger charge is 2.08. The predicted octanol–water partition coefficient (Wildman–Crippen LogP) is 4.03. The first-order valence-electron chi connectivity index (χ1n) is 5.55. The highest BCUT2D eigenvalue weighted by atomic mass is 35.5. The normalized spacial score (nSPS) is 10.5. The van der Waals surface area contributed by atoms with Gasteiger partial charge in [-0.1, -0.05) is 29.3 Å². The van der Waals surface area contributed by atoms with Crippen molar-refractivity contribution in [3.05, 3.63) is 45.8 Å². The molecule has 1 aromatic carbocycles. The summed E-state index contributed by atoms with van der Waals surface area (Å²) < 4.78 is 10.6. The van der Waals surface area contributed by atoms with Gasteiger partial charge in [0.05, 0.1) is 5.02 Å². The number of benzene rings is 1. The van der Waals surface area contributed by atoms with Crippen molar-refractivity contribution in [3.63, 3.8) is 0 Å². The maximum Gasteiger partial charge on any atom is 0.224 e. The Morgan fingerprint density at radius 2 is 1.95 bits per heavy atom. The molecule has 2 aromatic rings. The minimum Gasteiger partial charge on any atom is -0.437 e. The minimum absolute atomic E-state index is 0.262. The molecule has 0 spiro atoms. The quantitative estimate of drug-likeness (QED) is 0.799. The van der Waals surface area contributed by atoms with Gasteiger partial charge in [-0.25, -0.2) is 4.98 Å². The van der Waals surface area contributed by atoms with Crippen LogP contribution < -0.4 is 4.74 Å². The summed E-state index contributed by atoms with van der Waals surface area (Å²) in [6, 6.07) is 7.03. The summed E-state index contributed by atoms with van der Waals surface area (Å²) >= 11 is 12.0. The van der Waals surface area contributed by atoms with E-state index < -0.39 is 0 Å². The zero-order valence-electron chi connectivity index (χ0n) is 10.5. The van der Waals surface area contributed by atoms with E-state index in [0.717, 1.165) is 5.56 Å². The number of halogens is 2. The topological polar surface area (TPSA) is 44.2 Å². The zero-order valence-corrected chi connectivity index (χ0v) is 12.0. The third-order valence-corrected chi connectivity index (χ3v) is 2.80. The molecule has 1 aromatic heterocycles. The first-order valence-corrected chi connectivity index (χ1v) is 6.30. The Labute approximate surface area is 121 Å². The third kappa shape index (κ3) is 3.80. The molecule has 0 saturated carbocycles. The van der Waals surface area contributed by atoms with Gasteiger partial charge in [-0.2, -0.15) is 4.98 Å². The van der Waals surface area contributed by atoms with Crippen molar-refractivity contribution >= 4 is 23.2 Å². The summed E-state index contributed by atoms with van der Waals surface area (Å²) in [5.41, 5.74) is 1.04. The molecule has 0 aliphatic heterocycles. The Balaban J connectivity index is 2.29. The number of aryl methyl sites for hydroxylation is 1. The first kappa shape index (κ1) is 14.1. The van der Waals surface area contributed by atoms with Crippen LogP contribution in [0.15, 0.2) is 24.3 Å². The fraction of sp³-hybridized carbons (Fsp3) is 0.231. The van der Waals surface area contributed by atoms with E-state index in [1.165, 1.54) is 6.07 Å². The van der Waals surface area contributed by atoms with Crippen LogP contribution in [0.25, 0.3) is 0 Å². The molecule has 6 heteroatoms. The van der Waals surface area contributed by atoms with Gasteiger partial charge in [0.25, 0.3) is 0 Å². The fourth-order valence-corrected chi connectivity index (χ4v) is 1.84. The second-order valence-corrected chi connectivity index (χ2v) is 4.71. The number of hydrogen-bond acceptors (Lipinski definition) is 4. The molecule has 0 aliphatic rings. The van der Waals surface area contributed by atoms with E-state index in [1.807, 2.05) is 19.1 Å². The lowest BCUT2D eigenvalue weighted by Gasteiger charge is -2.09. The van der Waals surface area contributed by atoms with Crippen molar-refractivity contribution < 1.29 is 9.47 Å². The van der Waals surface area contributed by atoms with Gasteiger partial charge in [-0.3, -0.25) is 0 Å². The van der Waals surface area contributed by atoms with Gasteiger partial charge in [0.2, 0.25) is 5.88 Å². The highest BCUT2D eigenvalue weighted by molar-refractivity contribution is 6.32. The Hall–Kier alpha value is -1.36. The maximum absolute atomic E-state index is 6.06. The van der Waals surface area contributed by atoms with E-state index in [-0.39, 0.29) is 6.61 Å². The summed E-state index contributed by atoms with van der Waals surface area (Å²) in [4.78, 5) is 8.21. The summed E-state index contributed by atoms with van der Waals surface area (Å²) in [5.74, 6) is 1.31. The SMILES string of the molecule is COCc1nc(Cl)cc(Oc2cc(C)ccc2Cl)n1. The van der Waals surface area contributed by atoms with Gasteiger partial charge in [0.15, 0.2) is 5.82 Å². The lowest BCUT2D eigenvalue weighted by Crippen LogP contribution is -1.99. The van der Waals surface area contributed by atoms with Gasteiger partial charge < -0.3 is 9.47 Å². The second-order valence-electron chi connectivity index (χ2n) is 3.91. The third-order valence-electron chi connectivity index (χ3n) is 2.29. The maximum atomic E-state index is 6.06. The van der Waals surface area contributed by atoms with Crippen LogP contribution in [0.5, 0.6) is 11.6 Å². The van der Waals surface area contributed by atoms with Crippen molar-refractivity contribution in [2.45, 2.75) is 13.5 Å². The largest absolute Gasteiger partial charge is 0.437 e. The molecular weight excluding hydrogens is 287 g/mol. The molecule has 0 atom stereocenters. The first-order chi connectivity index (χ1) is 9.08. The van der Waals surface area contributed by atoms with E-state index >= 15 is 0 Å². The van der Waals surface area contributed by atoms with Crippen molar-refractivity contribution in [1.82, 2.24) is 9.97 Å². The van der Waals surface area contributed by atoms with Crippen LogP contribution in [0.4, 0.5) is 0 Å². The Morgan fingerprint density at radius 1 is 1.16 bits per heavy atom. The molecule has 19 heavy (non-hydrogen) atoms. The van der Waals surface area contributed by atoms with Crippen molar-refractivity contribution in [3.8, 4) is 11.6 Å². The number of nitrogens with zero attached hydrogens (tertiary/aromatic N) is 2. The molecule has 100 valence electrons. The van der Waals surface area contributed by atoms with Gasteiger partial charge in [-0.15, -0.1) is 0 Å². The van der Waals surface area contributed by atoms with E-state index in [2.05, 4.69) is 9.97 Å². The summed E-state index contributed by atoms with van der Waals surface area (Å²) in [5, 5.41) is 0.800. The van der Waals surface area contributed by atoms with Gasteiger partial charge >= 0.3 is 0 Å². The van der Waals surface area contributed by atoms with Crippen LogP contribution in [-0.4, -0.2) is 17.1 Å². The molecule has 0 N–H and O–H groups in total. The Kier molecular flexibility index (Phi) is 4.58. The summed E-state index contributed by atoms with van der Waals surface area (Å²) in [7, 11) is 1.56. The monoisotopic (exact) mass is 298 g/mol. The molecule has 2 rings (SSSR count). The van der Waals surface area contributed by atoms with Gasteiger partial charge in [0.1, 0.15) is 17.5 Å². The molecule has 0 aliphatic carbocycles. The van der Waals surface area contributed by atoms with Crippen molar-refractivity contribution in [2.75, 3.05) is 7.11 Å². The molecule has 0 amide bonds. The lowest BCUT2D eigenvalue weighted by molar-refractivity contribution is 0.177. The molecule has 0 radical (unpaired) electrons. The molecule has 4 nitrogen and oxygen atoms in total.